The standard InChI is InChI=1S/C21H35F3N2O4/c1-13(2)20(30,21(22,23)24)16(27)19(18(3,4)5)12-15(8-11-26(19)17(28)29)14-6-9-25-10-7-14/h13-15,25,30H,6-12H2,1-5H3,(H,28,29). The molecule has 2 fully saturated rings. The molecule has 0 aliphatic carbocycles. The Labute approximate surface area is 176 Å². The van der Waals surface area contributed by atoms with Gasteiger partial charge >= 0.3 is 12.3 Å². The molecule has 2 aliphatic rings. The molecule has 0 radical (unpaired) electrons. The molecule has 2 heterocycles. The largest absolute Gasteiger partial charge is 0.465 e. The van der Waals surface area contributed by atoms with Crippen molar-refractivity contribution in [3.63, 3.8) is 0 Å². The zero-order valence-corrected chi connectivity index (χ0v) is 18.5. The summed E-state index contributed by atoms with van der Waals surface area (Å²) in [5, 5.41) is 23.9. The van der Waals surface area contributed by atoms with E-state index in [-0.39, 0.29) is 24.8 Å². The second-order valence-corrected chi connectivity index (χ2v) is 10.1. The highest BCUT2D eigenvalue weighted by molar-refractivity contribution is 5.99. The van der Waals surface area contributed by atoms with Crippen molar-refractivity contribution >= 4 is 11.9 Å². The fourth-order valence-corrected chi connectivity index (χ4v) is 5.35. The minimum atomic E-state index is -5.22. The number of carbonyl (C=O) groups is 2. The first-order valence-corrected chi connectivity index (χ1v) is 10.7. The third-order valence-corrected chi connectivity index (χ3v) is 7.25. The van der Waals surface area contributed by atoms with Crippen LogP contribution in [0.15, 0.2) is 0 Å². The molecule has 2 aliphatic heterocycles. The van der Waals surface area contributed by atoms with Gasteiger partial charge in [0.05, 0.1) is 0 Å². The number of nitrogens with zero attached hydrogens (tertiary/aromatic N) is 1. The van der Waals surface area contributed by atoms with Crippen molar-refractivity contribution in [3.8, 4) is 0 Å². The molecule has 2 saturated heterocycles. The number of hydrogen-bond donors (Lipinski definition) is 3. The maximum absolute atomic E-state index is 14.1. The van der Waals surface area contributed by atoms with Gasteiger partial charge in [-0.25, -0.2) is 4.79 Å². The normalized spacial score (nSPS) is 29.0. The molecule has 3 N–H and O–H groups in total. The van der Waals surface area contributed by atoms with Crippen LogP contribution in [-0.4, -0.2) is 63.9 Å². The fourth-order valence-electron chi connectivity index (χ4n) is 5.35. The maximum atomic E-state index is 14.1. The minimum absolute atomic E-state index is 0.0165. The van der Waals surface area contributed by atoms with Crippen LogP contribution in [0.3, 0.4) is 0 Å². The van der Waals surface area contributed by atoms with Crippen LogP contribution in [-0.2, 0) is 4.79 Å². The molecule has 0 aromatic heterocycles. The zero-order chi connectivity index (χ0) is 23.1. The van der Waals surface area contributed by atoms with Crippen molar-refractivity contribution < 1.29 is 33.0 Å². The van der Waals surface area contributed by atoms with E-state index in [2.05, 4.69) is 5.32 Å². The molecule has 0 bridgehead atoms. The van der Waals surface area contributed by atoms with Crippen LogP contribution < -0.4 is 5.32 Å². The summed E-state index contributed by atoms with van der Waals surface area (Å²) >= 11 is 0. The number of rotatable bonds is 4. The monoisotopic (exact) mass is 436 g/mol. The molecule has 3 unspecified atom stereocenters. The number of nitrogens with one attached hydrogen (secondary N) is 1. The predicted octanol–water partition coefficient (Wildman–Crippen LogP) is 3.68. The van der Waals surface area contributed by atoms with Gasteiger partial charge in [0.15, 0.2) is 5.78 Å². The molecule has 9 heteroatoms. The van der Waals surface area contributed by atoms with E-state index in [9.17, 15) is 33.0 Å². The van der Waals surface area contributed by atoms with Gasteiger partial charge in [0, 0.05) is 6.54 Å². The van der Waals surface area contributed by atoms with Crippen LogP contribution in [0.2, 0.25) is 0 Å². The third-order valence-electron chi connectivity index (χ3n) is 7.25. The second-order valence-electron chi connectivity index (χ2n) is 10.1. The number of likely N-dealkylation sites (tertiary alicyclic amines) is 1. The summed E-state index contributed by atoms with van der Waals surface area (Å²) in [7, 11) is 0. The Morgan fingerprint density at radius 3 is 2.00 bits per heavy atom. The zero-order valence-electron chi connectivity index (χ0n) is 18.5. The van der Waals surface area contributed by atoms with Crippen LogP contribution >= 0.6 is 0 Å². The van der Waals surface area contributed by atoms with E-state index in [4.69, 9.17) is 0 Å². The van der Waals surface area contributed by atoms with Gasteiger partial charge in [-0.2, -0.15) is 13.2 Å². The fraction of sp³-hybridized carbons (Fsp3) is 0.905. The Balaban J connectivity index is 2.65. The molecule has 30 heavy (non-hydrogen) atoms. The molecule has 174 valence electrons. The summed E-state index contributed by atoms with van der Waals surface area (Å²) in [4.78, 5) is 26.8. The van der Waals surface area contributed by atoms with Gasteiger partial charge in [-0.1, -0.05) is 34.6 Å². The van der Waals surface area contributed by atoms with E-state index >= 15 is 0 Å². The Kier molecular flexibility index (Phi) is 6.89. The highest BCUT2D eigenvalue weighted by Crippen LogP contribution is 2.52. The van der Waals surface area contributed by atoms with Gasteiger partial charge in [-0.3, -0.25) is 9.69 Å². The summed E-state index contributed by atoms with van der Waals surface area (Å²) in [5.74, 6) is -2.80. The first-order valence-electron chi connectivity index (χ1n) is 10.7. The van der Waals surface area contributed by atoms with Gasteiger partial charge < -0.3 is 15.5 Å². The number of aliphatic hydroxyl groups is 1. The van der Waals surface area contributed by atoms with E-state index in [0.29, 0.717) is 6.42 Å². The van der Waals surface area contributed by atoms with E-state index in [1.165, 1.54) is 0 Å². The molecule has 0 aromatic rings. The van der Waals surface area contributed by atoms with E-state index in [0.717, 1.165) is 44.7 Å². The molecule has 0 saturated carbocycles. The SMILES string of the molecule is CC(C)C(O)(C(=O)C1(C(C)(C)C)CC(C2CCNCC2)CCN1C(=O)O)C(F)(F)F. The lowest BCUT2D eigenvalue weighted by Gasteiger charge is -2.57. The van der Waals surface area contributed by atoms with Crippen molar-refractivity contribution in [2.45, 2.75) is 77.6 Å². The van der Waals surface area contributed by atoms with E-state index in [1.54, 1.807) is 20.8 Å². The molecule has 1 amide bonds. The summed E-state index contributed by atoms with van der Waals surface area (Å²) in [6.07, 6.45) is -4.51. The number of amides is 1. The number of carboxylic acid groups (broad SMARTS) is 1. The number of hydrogen-bond acceptors (Lipinski definition) is 4. The quantitative estimate of drug-likeness (QED) is 0.626. The van der Waals surface area contributed by atoms with Crippen LogP contribution in [0.25, 0.3) is 0 Å². The number of halogens is 3. The van der Waals surface area contributed by atoms with Gasteiger partial charge in [0.1, 0.15) is 5.54 Å². The number of ketones is 1. The van der Waals surface area contributed by atoms with Gasteiger partial charge in [0.2, 0.25) is 5.60 Å². The molecule has 2 rings (SSSR count). The Morgan fingerprint density at radius 1 is 1.07 bits per heavy atom. The number of piperidine rings is 2. The maximum Gasteiger partial charge on any atom is 0.424 e. The number of carbonyl (C=O) groups excluding carboxylic acids is 1. The van der Waals surface area contributed by atoms with Crippen molar-refractivity contribution in [1.82, 2.24) is 10.2 Å². The summed E-state index contributed by atoms with van der Waals surface area (Å²) in [6, 6.07) is 0. The minimum Gasteiger partial charge on any atom is -0.465 e. The van der Waals surface area contributed by atoms with Crippen LogP contribution in [0.5, 0.6) is 0 Å². The topological polar surface area (TPSA) is 89.9 Å². The highest BCUT2D eigenvalue weighted by Gasteiger charge is 2.70. The lowest BCUT2D eigenvalue weighted by molar-refractivity contribution is -0.271. The Bertz CT molecular complexity index is 656. The lowest BCUT2D eigenvalue weighted by atomic mass is 9.57. The van der Waals surface area contributed by atoms with Crippen molar-refractivity contribution in [3.05, 3.63) is 0 Å². The molecule has 3 atom stereocenters. The van der Waals surface area contributed by atoms with Crippen molar-refractivity contribution in [2.75, 3.05) is 19.6 Å². The van der Waals surface area contributed by atoms with Gasteiger partial charge in [-0.15, -0.1) is 0 Å². The summed E-state index contributed by atoms with van der Waals surface area (Å²) in [5.41, 5.74) is -6.77. The third kappa shape index (κ3) is 3.95. The molecule has 0 spiro atoms. The Morgan fingerprint density at radius 2 is 1.60 bits per heavy atom. The van der Waals surface area contributed by atoms with Crippen molar-refractivity contribution in [2.24, 2.45) is 23.2 Å². The first kappa shape index (κ1) is 24.9. The van der Waals surface area contributed by atoms with Crippen LogP contribution in [0, 0.1) is 23.2 Å². The number of alkyl halides is 3. The lowest BCUT2D eigenvalue weighted by Crippen LogP contribution is -2.74. The second kappa shape index (κ2) is 8.30. The van der Waals surface area contributed by atoms with Gasteiger partial charge in [0.25, 0.3) is 0 Å². The Hall–Kier alpha value is -1.35. The van der Waals surface area contributed by atoms with Crippen LogP contribution in [0.4, 0.5) is 18.0 Å². The predicted molar refractivity (Wildman–Crippen MR) is 106 cm³/mol. The van der Waals surface area contributed by atoms with E-state index < -0.39 is 40.5 Å². The van der Waals surface area contributed by atoms with Crippen molar-refractivity contribution in [1.29, 1.82) is 0 Å². The summed E-state index contributed by atoms with van der Waals surface area (Å²) in [6.45, 7) is 8.59. The first-order chi connectivity index (χ1) is 13.6. The van der Waals surface area contributed by atoms with Crippen LogP contribution in [0.1, 0.15) is 60.3 Å². The molecular formula is C21H35F3N2O4. The average Bonchev–Trinajstić information content (AvgIpc) is 2.64. The molecule has 0 aromatic carbocycles. The average molecular weight is 437 g/mol. The summed E-state index contributed by atoms with van der Waals surface area (Å²) < 4.78 is 42.2. The molecular weight excluding hydrogens is 401 g/mol. The smallest absolute Gasteiger partial charge is 0.424 e. The molecule has 6 nitrogen and oxygen atoms in total. The van der Waals surface area contributed by atoms with E-state index in [1.807, 2.05) is 0 Å². The highest BCUT2D eigenvalue weighted by atomic mass is 19.4. The van der Waals surface area contributed by atoms with Gasteiger partial charge in [-0.05, 0) is 61.9 Å². The number of Topliss-reactive ketones (excluding diaryl/α,β-unsaturated/α-hetero) is 1.